The fourth-order valence-corrected chi connectivity index (χ4v) is 5.38. The summed E-state index contributed by atoms with van der Waals surface area (Å²) in [6.45, 7) is 1.80. The van der Waals surface area contributed by atoms with E-state index in [2.05, 4.69) is 9.36 Å². The lowest BCUT2D eigenvalue weighted by Crippen LogP contribution is -2.82. The average Bonchev–Trinajstić information content (AvgIpc) is 2.89. The van der Waals surface area contributed by atoms with Gasteiger partial charge in [0.25, 0.3) is 5.91 Å². The molecule has 2 aliphatic heterocycles. The lowest BCUT2D eigenvalue weighted by atomic mass is 9.98. The lowest BCUT2D eigenvalue weighted by molar-refractivity contribution is -0.154. The van der Waals surface area contributed by atoms with Crippen LogP contribution < -0.4 is 11.5 Å². The van der Waals surface area contributed by atoms with E-state index >= 15 is 0 Å². The molecular weight excluding hydrogens is 346 g/mol. The van der Waals surface area contributed by atoms with E-state index in [1.165, 1.54) is 40.0 Å². The highest BCUT2D eigenvalue weighted by Crippen LogP contribution is 2.43. The minimum Gasteiger partial charge on any atom is -0.477 e. The van der Waals surface area contributed by atoms with Gasteiger partial charge < -0.3 is 16.6 Å². The summed E-state index contributed by atoms with van der Waals surface area (Å²) in [6.07, 6.45) is 0. The number of amides is 1. The van der Waals surface area contributed by atoms with Crippen LogP contribution in [0.2, 0.25) is 0 Å². The van der Waals surface area contributed by atoms with E-state index in [9.17, 15) is 14.7 Å². The number of aryl methyl sites for hydroxylation is 1. The largest absolute Gasteiger partial charge is 0.477 e. The van der Waals surface area contributed by atoms with E-state index in [4.69, 9.17) is 11.5 Å². The van der Waals surface area contributed by atoms with E-state index in [0.717, 1.165) is 4.34 Å². The minimum absolute atomic E-state index is 0.00554. The highest BCUT2D eigenvalue weighted by molar-refractivity contribution is 8.01. The number of rotatable bonds is 4. The van der Waals surface area contributed by atoms with E-state index in [1.54, 1.807) is 6.92 Å². The Morgan fingerprint density at radius 2 is 2.32 bits per heavy atom. The molecule has 0 radical (unpaired) electrons. The van der Waals surface area contributed by atoms with Crippen molar-refractivity contribution in [3.05, 3.63) is 17.1 Å². The molecule has 8 nitrogen and oxygen atoms in total. The maximum atomic E-state index is 12.0. The summed E-state index contributed by atoms with van der Waals surface area (Å²) in [4.78, 5) is 29.0. The third-order valence-electron chi connectivity index (χ3n) is 3.30. The van der Waals surface area contributed by atoms with Gasteiger partial charge in [0.1, 0.15) is 16.9 Å². The van der Waals surface area contributed by atoms with E-state index in [-0.39, 0.29) is 5.70 Å². The van der Waals surface area contributed by atoms with Gasteiger partial charge in [-0.3, -0.25) is 9.69 Å². The number of fused-ring (bicyclic) bond motifs is 1. The summed E-state index contributed by atoms with van der Waals surface area (Å²) in [5.41, 5.74) is 10.6. The maximum absolute atomic E-state index is 12.0. The SMILES string of the molecule is Cc1nsc(SCC2=C(C(=O)O)N3C(=O)C(N)(N)C3SC2)n1. The first-order valence-corrected chi connectivity index (χ1v) is 9.04. The minimum atomic E-state index is -1.49. The molecule has 0 aromatic carbocycles. The van der Waals surface area contributed by atoms with Crippen molar-refractivity contribution >= 4 is 46.9 Å². The van der Waals surface area contributed by atoms with Crippen molar-refractivity contribution in [2.24, 2.45) is 11.5 Å². The summed E-state index contributed by atoms with van der Waals surface area (Å²) < 4.78 is 4.85. The molecule has 0 saturated carbocycles. The van der Waals surface area contributed by atoms with Crippen LogP contribution in [-0.4, -0.2) is 53.8 Å². The molecule has 2 aliphatic rings. The van der Waals surface area contributed by atoms with Crippen LogP contribution >= 0.6 is 35.1 Å². The highest BCUT2D eigenvalue weighted by Gasteiger charge is 2.60. The van der Waals surface area contributed by atoms with E-state index in [0.29, 0.717) is 22.9 Å². The number of carbonyl (C=O) groups excluding carboxylic acids is 1. The van der Waals surface area contributed by atoms with Gasteiger partial charge in [-0.1, -0.05) is 11.8 Å². The quantitative estimate of drug-likeness (QED) is 0.379. The molecule has 1 fully saturated rings. The lowest BCUT2D eigenvalue weighted by Gasteiger charge is -2.53. The molecule has 5 N–H and O–H groups in total. The van der Waals surface area contributed by atoms with Crippen LogP contribution in [0.25, 0.3) is 0 Å². The normalized spacial score (nSPS) is 23.3. The molecular formula is C11H13N5O3S3. The zero-order valence-corrected chi connectivity index (χ0v) is 13.9. The first kappa shape index (κ1) is 15.7. The molecule has 0 spiro atoms. The number of nitrogens with zero attached hydrogens (tertiary/aromatic N) is 3. The molecule has 11 heteroatoms. The first-order chi connectivity index (χ1) is 10.3. The maximum Gasteiger partial charge on any atom is 0.352 e. The van der Waals surface area contributed by atoms with Crippen LogP contribution in [0, 0.1) is 6.92 Å². The van der Waals surface area contributed by atoms with Gasteiger partial charge in [0.15, 0.2) is 10.0 Å². The van der Waals surface area contributed by atoms with Gasteiger partial charge in [0.2, 0.25) is 0 Å². The number of thioether (sulfide) groups is 2. The predicted molar refractivity (Wildman–Crippen MR) is 84.2 cm³/mol. The van der Waals surface area contributed by atoms with Gasteiger partial charge in [-0.25, -0.2) is 9.78 Å². The van der Waals surface area contributed by atoms with Gasteiger partial charge in [0.05, 0.1) is 0 Å². The number of aromatic nitrogens is 2. The molecule has 22 heavy (non-hydrogen) atoms. The Morgan fingerprint density at radius 3 is 2.91 bits per heavy atom. The Bertz CT molecular complexity index is 686. The smallest absolute Gasteiger partial charge is 0.352 e. The van der Waals surface area contributed by atoms with Crippen LogP contribution in [-0.2, 0) is 9.59 Å². The second kappa shape index (κ2) is 5.49. The Hall–Kier alpha value is -1.14. The molecule has 1 amide bonds. The number of β-lactam (4-membered cyclic amide) rings is 1. The Morgan fingerprint density at radius 1 is 1.59 bits per heavy atom. The number of carbonyl (C=O) groups is 2. The molecule has 118 valence electrons. The number of carboxylic acids is 1. The van der Waals surface area contributed by atoms with Gasteiger partial charge >= 0.3 is 5.97 Å². The fraction of sp³-hybridized carbons (Fsp3) is 0.455. The summed E-state index contributed by atoms with van der Waals surface area (Å²) in [5, 5.41) is 8.92. The predicted octanol–water partition coefficient (Wildman–Crippen LogP) is -0.194. The van der Waals surface area contributed by atoms with Crippen LogP contribution in [0.3, 0.4) is 0 Å². The zero-order valence-electron chi connectivity index (χ0n) is 11.5. The van der Waals surface area contributed by atoms with Crippen molar-refractivity contribution in [1.82, 2.24) is 14.3 Å². The van der Waals surface area contributed by atoms with Crippen molar-refractivity contribution in [3.63, 3.8) is 0 Å². The molecule has 1 saturated heterocycles. The van der Waals surface area contributed by atoms with E-state index < -0.39 is 22.9 Å². The second-order valence-corrected chi connectivity index (χ2v) is 7.97. The average molecular weight is 359 g/mol. The third kappa shape index (κ3) is 2.42. The molecule has 1 unspecified atom stereocenters. The zero-order chi connectivity index (χ0) is 16.1. The van der Waals surface area contributed by atoms with Gasteiger partial charge in [-0.2, -0.15) is 4.37 Å². The Kier molecular flexibility index (Phi) is 3.93. The molecule has 0 aliphatic carbocycles. The number of carboxylic acid groups (broad SMARTS) is 1. The van der Waals surface area contributed by atoms with E-state index in [1.807, 2.05) is 0 Å². The van der Waals surface area contributed by atoms with Crippen LogP contribution in [0.1, 0.15) is 5.82 Å². The summed E-state index contributed by atoms with van der Waals surface area (Å²) in [6, 6.07) is 0. The summed E-state index contributed by atoms with van der Waals surface area (Å²) in [5.74, 6) is -0.111. The molecule has 1 atom stereocenters. The molecule has 1 aromatic rings. The molecule has 1 aromatic heterocycles. The van der Waals surface area contributed by atoms with Crippen molar-refractivity contribution < 1.29 is 14.7 Å². The van der Waals surface area contributed by atoms with Crippen LogP contribution in [0.15, 0.2) is 15.6 Å². The summed E-state index contributed by atoms with van der Waals surface area (Å²) >= 11 is 4.06. The Labute approximate surface area is 138 Å². The first-order valence-electron chi connectivity index (χ1n) is 6.24. The second-order valence-electron chi connectivity index (χ2n) is 4.93. The standard InChI is InChI=1S/C11H13N5O3S3/c1-4-14-10(22-15-4)21-3-5-2-20-9-11(12,13)8(19)16(9)6(5)7(17)18/h9H,2-3,12-13H2,1H3,(H,17,18). The van der Waals surface area contributed by atoms with Gasteiger partial charge in [-0.05, 0) is 24.0 Å². The summed E-state index contributed by atoms with van der Waals surface area (Å²) in [7, 11) is 0. The van der Waals surface area contributed by atoms with Gasteiger partial charge in [0, 0.05) is 11.5 Å². The Balaban J connectivity index is 1.83. The highest BCUT2D eigenvalue weighted by atomic mass is 32.2. The van der Waals surface area contributed by atoms with Crippen LogP contribution in [0.4, 0.5) is 0 Å². The van der Waals surface area contributed by atoms with Crippen molar-refractivity contribution in [3.8, 4) is 0 Å². The van der Waals surface area contributed by atoms with Crippen LogP contribution in [0.5, 0.6) is 0 Å². The fourth-order valence-electron chi connectivity index (χ4n) is 2.27. The number of hydrogen-bond donors (Lipinski definition) is 3. The van der Waals surface area contributed by atoms with Crippen molar-refractivity contribution in [1.29, 1.82) is 0 Å². The van der Waals surface area contributed by atoms with Gasteiger partial charge in [-0.15, -0.1) is 11.8 Å². The number of aliphatic carboxylic acids is 1. The number of nitrogens with two attached hydrogens (primary N) is 2. The third-order valence-corrected chi connectivity index (χ3v) is 6.75. The topological polar surface area (TPSA) is 135 Å². The van der Waals surface area contributed by atoms with Crippen molar-refractivity contribution in [2.45, 2.75) is 22.3 Å². The monoisotopic (exact) mass is 359 g/mol. The number of hydrogen-bond acceptors (Lipinski definition) is 9. The molecule has 3 rings (SSSR count). The van der Waals surface area contributed by atoms with Crippen molar-refractivity contribution in [2.75, 3.05) is 11.5 Å². The molecule has 3 heterocycles. The molecule has 0 bridgehead atoms.